The van der Waals surface area contributed by atoms with E-state index in [9.17, 15) is 9.50 Å². The zero-order chi connectivity index (χ0) is 21.3. The molecule has 0 amide bonds. The molecule has 3 aromatic heterocycles. The maximum atomic E-state index is 13.3. The first kappa shape index (κ1) is 20.5. The van der Waals surface area contributed by atoms with Crippen LogP contribution in [0, 0.1) is 5.82 Å². The quantitative estimate of drug-likeness (QED) is 0.475. The van der Waals surface area contributed by atoms with E-state index in [1.165, 1.54) is 24.0 Å². The summed E-state index contributed by atoms with van der Waals surface area (Å²) in [5.41, 5.74) is 0.498. The van der Waals surface area contributed by atoms with Gasteiger partial charge in [0.05, 0.1) is 29.2 Å². The van der Waals surface area contributed by atoms with Gasteiger partial charge in [-0.3, -0.25) is 9.97 Å². The summed E-state index contributed by atoms with van der Waals surface area (Å²) in [6.45, 7) is 3.29. The van der Waals surface area contributed by atoms with Crippen LogP contribution in [-0.2, 0) is 5.60 Å². The predicted molar refractivity (Wildman–Crippen MR) is 113 cm³/mol. The molecule has 4 rings (SSSR count). The summed E-state index contributed by atoms with van der Waals surface area (Å²) in [6, 6.07) is 10.3. The van der Waals surface area contributed by atoms with Crippen molar-refractivity contribution in [1.29, 1.82) is 0 Å². The number of hydrogen-bond acceptors (Lipinski definition) is 6. The van der Waals surface area contributed by atoms with E-state index < -0.39 is 11.4 Å². The molecule has 0 spiro atoms. The summed E-state index contributed by atoms with van der Waals surface area (Å²) in [4.78, 5) is 14.6. The van der Waals surface area contributed by atoms with E-state index in [0.29, 0.717) is 27.9 Å². The van der Waals surface area contributed by atoms with Gasteiger partial charge in [-0.05, 0) is 50.2 Å². The Kier molecular flexibility index (Phi) is 5.55. The molecule has 0 saturated carbocycles. The normalized spacial score (nSPS) is 11.6. The zero-order valence-corrected chi connectivity index (χ0v) is 17.7. The fourth-order valence-corrected chi connectivity index (χ4v) is 3.67. The lowest BCUT2D eigenvalue weighted by Gasteiger charge is -2.15. The van der Waals surface area contributed by atoms with Gasteiger partial charge in [-0.25, -0.2) is 14.1 Å². The van der Waals surface area contributed by atoms with Gasteiger partial charge in [0.1, 0.15) is 22.8 Å². The second-order valence-electron chi connectivity index (χ2n) is 7.02. The third kappa shape index (κ3) is 4.51. The lowest BCUT2D eigenvalue weighted by Crippen LogP contribution is -2.17. The summed E-state index contributed by atoms with van der Waals surface area (Å²) in [5, 5.41) is 15.4. The lowest BCUT2D eigenvalue weighted by molar-refractivity contribution is 0.0734. The van der Waals surface area contributed by atoms with Crippen molar-refractivity contribution in [2.24, 2.45) is 0 Å². The van der Waals surface area contributed by atoms with Crippen LogP contribution in [0.3, 0.4) is 0 Å². The Morgan fingerprint density at radius 2 is 1.77 bits per heavy atom. The van der Waals surface area contributed by atoms with Crippen LogP contribution in [0.1, 0.15) is 19.5 Å². The van der Waals surface area contributed by atoms with Crippen LogP contribution >= 0.6 is 23.4 Å². The SMILES string of the molecule is CC(C)(O)c1cnc(-c2nn(-c3ccc(F)cn3)cc2Sc2ccc(Cl)cc2)cn1. The van der Waals surface area contributed by atoms with Crippen molar-refractivity contribution in [2.45, 2.75) is 29.2 Å². The van der Waals surface area contributed by atoms with Gasteiger partial charge in [0.2, 0.25) is 0 Å². The van der Waals surface area contributed by atoms with E-state index in [0.717, 1.165) is 16.0 Å². The molecule has 0 fully saturated rings. The highest BCUT2D eigenvalue weighted by Gasteiger charge is 2.20. The van der Waals surface area contributed by atoms with Gasteiger partial charge < -0.3 is 5.11 Å². The van der Waals surface area contributed by atoms with Gasteiger partial charge >= 0.3 is 0 Å². The van der Waals surface area contributed by atoms with E-state index in [-0.39, 0.29) is 0 Å². The molecule has 30 heavy (non-hydrogen) atoms. The summed E-state index contributed by atoms with van der Waals surface area (Å²) < 4.78 is 14.8. The average Bonchev–Trinajstić information content (AvgIpc) is 3.13. The minimum atomic E-state index is -1.09. The Balaban J connectivity index is 1.76. The second-order valence-corrected chi connectivity index (χ2v) is 8.57. The molecule has 0 unspecified atom stereocenters. The molecule has 1 aromatic carbocycles. The van der Waals surface area contributed by atoms with Gasteiger partial charge in [-0.1, -0.05) is 23.4 Å². The number of aliphatic hydroxyl groups is 1. The molecular weight excluding hydrogens is 425 g/mol. The Morgan fingerprint density at radius 3 is 2.37 bits per heavy atom. The van der Waals surface area contributed by atoms with Crippen molar-refractivity contribution >= 4 is 23.4 Å². The molecule has 0 atom stereocenters. The average molecular weight is 442 g/mol. The smallest absolute Gasteiger partial charge is 0.153 e. The maximum Gasteiger partial charge on any atom is 0.153 e. The highest BCUT2D eigenvalue weighted by molar-refractivity contribution is 7.99. The van der Waals surface area contributed by atoms with Crippen molar-refractivity contribution in [3.05, 3.63) is 77.7 Å². The number of halogens is 2. The highest BCUT2D eigenvalue weighted by atomic mass is 35.5. The fourth-order valence-electron chi connectivity index (χ4n) is 2.63. The molecule has 152 valence electrons. The number of aromatic nitrogens is 5. The monoisotopic (exact) mass is 441 g/mol. The molecule has 1 N–H and O–H groups in total. The van der Waals surface area contributed by atoms with Crippen LogP contribution < -0.4 is 0 Å². The molecule has 0 radical (unpaired) electrons. The van der Waals surface area contributed by atoms with Crippen LogP contribution in [0.25, 0.3) is 17.2 Å². The topological polar surface area (TPSA) is 76.7 Å². The maximum absolute atomic E-state index is 13.3. The second kappa shape index (κ2) is 8.14. The molecule has 0 aliphatic carbocycles. The summed E-state index contributed by atoms with van der Waals surface area (Å²) in [6.07, 6.45) is 6.05. The lowest BCUT2D eigenvalue weighted by atomic mass is 10.1. The van der Waals surface area contributed by atoms with Crippen LogP contribution in [0.15, 0.2) is 71.0 Å². The Bertz CT molecular complexity index is 1160. The number of pyridine rings is 1. The number of rotatable bonds is 5. The Morgan fingerprint density at radius 1 is 1.00 bits per heavy atom. The first-order valence-electron chi connectivity index (χ1n) is 9.00. The van der Waals surface area contributed by atoms with E-state index in [4.69, 9.17) is 11.6 Å². The summed E-state index contributed by atoms with van der Waals surface area (Å²) in [7, 11) is 0. The molecule has 3 heterocycles. The number of nitrogens with zero attached hydrogens (tertiary/aromatic N) is 5. The molecule has 9 heteroatoms. The largest absolute Gasteiger partial charge is 0.384 e. The molecular formula is C21H17ClFN5OS. The standard InChI is InChI=1S/C21H17ClFN5OS/c1-21(2,29)18-11-24-16(10-25-18)20-17(30-15-6-3-13(22)4-7-15)12-28(27-20)19-8-5-14(23)9-26-19/h3-12,29H,1-2H3. The number of benzene rings is 1. The minimum Gasteiger partial charge on any atom is -0.384 e. The zero-order valence-electron chi connectivity index (χ0n) is 16.1. The predicted octanol–water partition coefficient (Wildman–Crippen LogP) is 4.90. The third-order valence-electron chi connectivity index (χ3n) is 4.19. The summed E-state index contributed by atoms with van der Waals surface area (Å²) >= 11 is 7.47. The minimum absolute atomic E-state index is 0.421. The van der Waals surface area contributed by atoms with Gasteiger partial charge in [0.15, 0.2) is 5.82 Å². The van der Waals surface area contributed by atoms with Crippen LogP contribution in [0.5, 0.6) is 0 Å². The Labute approximate surface area is 181 Å². The molecule has 0 bridgehead atoms. The van der Waals surface area contributed by atoms with Crippen LogP contribution in [0.2, 0.25) is 5.02 Å². The first-order chi connectivity index (χ1) is 14.3. The van der Waals surface area contributed by atoms with Crippen molar-refractivity contribution in [2.75, 3.05) is 0 Å². The highest BCUT2D eigenvalue weighted by Crippen LogP contribution is 2.35. The molecule has 0 aliphatic heterocycles. The van der Waals surface area contributed by atoms with Crippen molar-refractivity contribution in [3.63, 3.8) is 0 Å². The van der Waals surface area contributed by atoms with Gasteiger partial charge in [0, 0.05) is 16.1 Å². The first-order valence-corrected chi connectivity index (χ1v) is 10.2. The molecule has 0 aliphatic rings. The van der Waals surface area contributed by atoms with Crippen LogP contribution in [0.4, 0.5) is 4.39 Å². The third-order valence-corrected chi connectivity index (χ3v) is 5.47. The van der Waals surface area contributed by atoms with Crippen molar-refractivity contribution in [3.8, 4) is 17.2 Å². The van der Waals surface area contributed by atoms with Crippen molar-refractivity contribution < 1.29 is 9.50 Å². The molecule has 6 nitrogen and oxygen atoms in total. The van der Waals surface area contributed by atoms with E-state index in [1.807, 2.05) is 24.3 Å². The van der Waals surface area contributed by atoms with E-state index in [1.54, 1.807) is 37.0 Å². The van der Waals surface area contributed by atoms with E-state index >= 15 is 0 Å². The van der Waals surface area contributed by atoms with Gasteiger partial charge in [0.25, 0.3) is 0 Å². The Hall–Kier alpha value is -2.81. The summed E-state index contributed by atoms with van der Waals surface area (Å²) in [5.74, 6) is 0.0524. The van der Waals surface area contributed by atoms with E-state index in [2.05, 4.69) is 20.1 Å². The molecule has 4 aromatic rings. The van der Waals surface area contributed by atoms with Gasteiger partial charge in [-0.2, -0.15) is 5.10 Å². The van der Waals surface area contributed by atoms with Gasteiger partial charge in [-0.15, -0.1) is 0 Å². The fraction of sp³-hybridized carbons (Fsp3) is 0.143. The molecule has 0 saturated heterocycles. The number of hydrogen-bond donors (Lipinski definition) is 1. The van der Waals surface area contributed by atoms with Crippen LogP contribution in [-0.4, -0.2) is 29.8 Å². The van der Waals surface area contributed by atoms with Crippen molar-refractivity contribution in [1.82, 2.24) is 24.7 Å².